The van der Waals surface area contributed by atoms with Crippen molar-refractivity contribution in [2.24, 2.45) is 5.41 Å². The fourth-order valence-corrected chi connectivity index (χ4v) is 1.97. The summed E-state index contributed by atoms with van der Waals surface area (Å²) in [5.41, 5.74) is 5.76. The Hall–Kier alpha value is -1.56. The fourth-order valence-electron chi connectivity index (χ4n) is 1.97. The van der Waals surface area contributed by atoms with E-state index < -0.39 is 0 Å². The van der Waals surface area contributed by atoms with Crippen molar-refractivity contribution in [1.82, 2.24) is 15.1 Å². The SMILES string of the molecule is COCCC1(CNC(=O)Cn2ccc(N)n2)CC1. The maximum Gasteiger partial charge on any atom is 0.241 e. The highest BCUT2D eigenvalue weighted by atomic mass is 16.5. The van der Waals surface area contributed by atoms with Gasteiger partial charge in [0.15, 0.2) is 0 Å². The van der Waals surface area contributed by atoms with Gasteiger partial charge < -0.3 is 15.8 Å². The molecule has 1 aliphatic rings. The highest BCUT2D eigenvalue weighted by Gasteiger charge is 2.42. The van der Waals surface area contributed by atoms with Gasteiger partial charge in [-0.05, 0) is 30.7 Å². The fraction of sp³-hybridized carbons (Fsp3) is 0.667. The summed E-state index contributed by atoms with van der Waals surface area (Å²) in [6.07, 6.45) is 5.06. The minimum absolute atomic E-state index is 0.0261. The van der Waals surface area contributed by atoms with Gasteiger partial charge in [-0.3, -0.25) is 9.48 Å². The third kappa shape index (κ3) is 3.46. The van der Waals surface area contributed by atoms with Crippen LogP contribution in [0, 0.1) is 5.41 Å². The van der Waals surface area contributed by atoms with Gasteiger partial charge in [-0.15, -0.1) is 0 Å². The number of nitrogens with two attached hydrogens (primary N) is 1. The molecule has 1 heterocycles. The first-order valence-corrected chi connectivity index (χ1v) is 6.18. The summed E-state index contributed by atoms with van der Waals surface area (Å²) >= 11 is 0. The van der Waals surface area contributed by atoms with E-state index in [1.54, 1.807) is 24.1 Å². The zero-order valence-electron chi connectivity index (χ0n) is 10.7. The molecule has 0 aliphatic heterocycles. The van der Waals surface area contributed by atoms with Crippen LogP contribution in [0.2, 0.25) is 0 Å². The summed E-state index contributed by atoms with van der Waals surface area (Å²) in [5, 5.41) is 6.93. The zero-order valence-corrected chi connectivity index (χ0v) is 10.7. The number of hydrogen-bond donors (Lipinski definition) is 2. The van der Waals surface area contributed by atoms with Crippen LogP contribution in [0.4, 0.5) is 5.82 Å². The number of ether oxygens (including phenoxy) is 1. The molecule has 0 bridgehead atoms. The Balaban J connectivity index is 1.72. The highest BCUT2D eigenvalue weighted by molar-refractivity contribution is 5.75. The van der Waals surface area contributed by atoms with E-state index >= 15 is 0 Å². The third-order valence-electron chi connectivity index (χ3n) is 3.42. The number of nitrogen functional groups attached to an aromatic ring is 1. The van der Waals surface area contributed by atoms with Gasteiger partial charge in [-0.25, -0.2) is 0 Å². The number of nitrogens with zero attached hydrogens (tertiary/aromatic N) is 2. The molecule has 3 N–H and O–H groups in total. The lowest BCUT2D eigenvalue weighted by molar-refractivity contribution is -0.122. The molecule has 1 amide bonds. The van der Waals surface area contributed by atoms with Crippen LogP contribution in [0.25, 0.3) is 0 Å². The topological polar surface area (TPSA) is 82.2 Å². The van der Waals surface area contributed by atoms with Crippen molar-refractivity contribution in [2.75, 3.05) is 26.0 Å². The number of carbonyl (C=O) groups is 1. The van der Waals surface area contributed by atoms with Crippen molar-refractivity contribution in [2.45, 2.75) is 25.8 Å². The summed E-state index contributed by atoms with van der Waals surface area (Å²) in [6.45, 7) is 1.70. The van der Waals surface area contributed by atoms with Crippen molar-refractivity contribution >= 4 is 11.7 Å². The van der Waals surface area contributed by atoms with E-state index in [1.807, 2.05) is 0 Å². The Morgan fingerprint density at radius 2 is 2.44 bits per heavy atom. The molecular formula is C12H20N4O2. The molecule has 6 heteroatoms. The number of amides is 1. The summed E-state index contributed by atoms with van der Waals surface area (Å²) in [4.78, 5) is 11.7. The molecule has 0 saturated heterocycles. The van der Waals surface area contributed by atoms with Crippen LogP contribution < -0.4 is 11.1 Å². The van der Waals surface area contributed by atoms with Crippen LogP contribution >= 0.6 is 0 Å². The van der Waals surface area contributed by atoms with Crippen LogP contribution in [0.3, 0.4) is 0 Å². The predicted molar refractivity (Wildman–Crippen MR) is 67.8 cm³/mol. The first-order chi connectivity index (χ1) is 8.63. The molecule has 1 aromatic heterocycles. The molecule has 1 fully saturated rings. The van der Waals surface area contributed by atoms with E-state index in [-0.39, 0.29) is 17.9 Å². The number of methoxy groups -OCH3 is 1. The van der Waals surface area contributed by atoms with Gasteiger partial charge in [0.1, 0.15) is 12.4 Å². The van der Waals surface area contributed by atoms with Crippen LogP contribution in [-0.2, 0) is 16.1 Å². The average Bonchev–Trinajstić information content (AvgIpc) is 3.01. The van der Waals surface area contributed by atoms with Gasteiger partial charge in [0.05, 0.1) is 0 Å². The first kappa shape index (κ1) is 12.9. The van der Waals surface area contributed by atoms with Crippen molar-refractivity contribution in [3.63, 3.8) is 0 Å². The molecule has 0 unspecified atom stereocenters. The van der Waals surface area contributed by atoms with Crippen molar-refractivity contribution in [1.29, 1.82) is 0 Å². The number of hydrogen-bond acceptors (Lipinski definition) is 4. The van der Waals surface area contributed by atoms with E-state index in [1.165, 1.54) is 12.8 Å². The van der Waals surface area contributed by atoms with Crippen LogP contribution in [0.15, 0.2) is 12.3 Å². The van der Waals surface area contributed by atoms with E-state index in [9.17, 15) is 4.79 Å². The molecule has 1 saturated carbocycles. The second-order valence-corrected chi connectivity index (χ2v) is 4.96. The number of anilines is 1. The maximum atomic E-state index is 11.7. The molecule has 0 atom stereocenters. The summed E-state index contributed by atoms with van der Waals surface area (Å²) in [7, 11) is 1.71. The molecule has 1 aliphatic carbocycles. The summed E-state index contributed by atoms with van der Waals surface area (Å²) < 4.78 is 6.62. The van der Waals surface area contributed by atoms with E-state index in [0.717, 1.165) is 19.6 Å². The van der Waals surface area contributed by atoms with Gasteiger partial charge in [0, 0.05) is 26.5 Å². The Morgan fingerprint density at radius 3 is 3.00 bits per heavy atom. The van der Waals surface area contributed by atoms with Gasteiger partial charge in [-0.2, -0.15) is 5.10 Å². The Kier molecular flexibility index (Phi) is 3.86. The molecule has 0 radical (unpaired) electrons. The van der Waals surface area contributed by atoms with Gasteiger partial charge in [0.25, 0.3) is 0 Å². The molecule has 2 rings (SSSR count). The Bertz CT molecular complexity index is 412. The molecule has 1 aromatic rings. The summed E-state index contributed by atoms with van der Waals surface area (Å²) in [5.74, 6) is 0.406. The smallest absolute Gasteiger partial charge is 0.241 e. The van der Waals surface area contributed by atoms with Crippen molar-refractivity contribution in [3.05, 3.63) is 12.3 Å². The minimum Gasteiger partial charge on any atom is -0.385 e. The predicted octanol–water partition coefficient (Wildman–Crippen LogP) is 0.398. The lowest BCUT2D eigenvalue weighted by atomic mass is 10.0. The lowest BCUT2D eigenvalue weighted by Gasteiger charge is -2.15. The highest BCUT2D eigenvalue weighted by Crippen LogP contribution is 2.48. The molecule has 6 nitrogen and oxygen atoms in total. The monoisotopic (exact) mass is 252 g/mol. The average molecular weight is 252 g/mol. The van der Waals surface area contributed by atoms with Crippen LogP contribution in [0.5, 0.6) is 0 Å². The van der Waals surface area contributed by atoms with Gasteiger partial charge in [-0.1, -0.05) is 0 Å². The Morgan fingerprint density at radius 1 is 1.67 bits per heavy atom. The minimum atomic E-state index is -0.0261. The second-order valence-electron chi connectivity index (χ2n) is 4.96. The largest absolute Gasteiger partial charge is 0.385 e. The lowest BCUT2D eigenvalue weighted by Crippen LogP contribution is -2.33. The van der Waals surface area contributed by atoms with Crippen LogP contribution in [0.1, 0.15) is 19.3 Å². The number of nitrogens with one attached hydrogen (secondary N) is 1. The quantitative estimate of drug-likeness (QED) is 0.736. The number of rotatable bonds is 7. The van der Waals surface area contributed by atoms with E-state index in [2.05, 4.69) is 10.4 Å². The molecule has 0 spiro atoms. The second kappa shape index (κ2) is 5.39. The van der Waals surface area contributed by atoms with E-state index in [4.69, 9.17) is 10.5 Å². The maximum absolute atomic E-state index is 11.7. The van der Waals surface area contributed by atoms with E-state index in [0.29, 0.717) is 5.82 Å². The van der Waals surface area contributed by atoms with Gasteiger partial charge >= 0.3 is 0 Å². The standard InChI is InChI=1S/C12H20N4O2/c1-18-7-5-12(3-4-12)9-14-11(17)8-16-6-2-10(13)15-16/h2,6H,3-5,7-9H2,1H3,(H2,13,15)(H,14,17). The number of carbonyl (C=O) groups excluding carboxylic acids is 1. The Labute approximate surface area is 106 Å². The number of aromatic nitrogens is 2. The molecule has 0 aromatic carbocycles. The summed E-state index contributed by atoms with van der Waals surface area (Å²) in [6, 6.07) is 1.67. The molecule has 100 valence electrons. The van der Waals surface area contributed by atoms with Crippen molar-refractivity contribution < 1.29 is 9.53 Å². The first-order valence-electron chi connectivity index (χ1n) is 6.18. The zero-order chi connectivity index (χ0) is 13.0. The van der Waals surface area contributed by atoms with Crippen LogP contribution in [-0.4, -0.2) is 35.9 Å². The van der Waals surface area contributed by atoms with Gasteiger partial charge in [0.2, 0.25) is 5.91 Å². The molecular weight excluding hydrogens is 232 g/mol. The third-order valence-corrected chi connectivity index (χ3v) is 3.42. The normalized spacial score (nSPS) is 16.5. The molecule has 18 heavy (non-hydrogen) atoms. The van der Waals surface area contributed by atoms with Crippen molar-refractivity contribution in [3.8, 4) is 0 Å².